The molecule has 3 aromatic carbocycles. The molecule has 0 atom stereocenters. The van der Waals surface area contributed by atoms with E-state index >= 15 is 0 Å². The first-order chi connectivity index (χ1) is 27.3. The highest BCUT2D eigenvalue weighted by molar-refractivity contribution is 7.19. The Bertz CT molecular complexity index is 2540. The van der Waals surface area contributed by atoms with Crippen LogP contribution in [0, 0.1) is 6.92 Å². The highest BCUT2D eigenvalue weighted by Crippen LogP contribution is 2.35. The minimum atomic E-state index is 0.610. The van der Waals surface area contributed by atoms with Gasteiger partial charge in [-0.2, -0.15) is 0 Å². The average molecular weight is 747 g/mol. The van der Waals surface area contributed by atoms with E-state index in [0.29, 0.717) is 17.5 Å². The van der Waals surface area contributed by atoms with Gasteiger partial charge in [-0.05, 0) is 81.3 Å². The van der Waals surface area contributed by atoms with Gasteiger partial charge in [-0.3, -0.25) is 0 Å². The molecule has 6 rings (SSSR count). The predicted octanol–water partition coefficient (Wildman–Crippen LogP) is 13.2. The van der Waals surface area contributed by atoms with Crippen LogP contribution in [-0.4, -0.2) is 31.8 Å². The number of allylic oxidation sites excluding steroid dienone is 11. The van der Waals surface area contributed by atoms with Gasteiger partial charge in [-0.25, -0.2) is 19.9 Å². The van der Waals surface area contributed by atoms with Gasteiger partial charge >= 0.3 is 0 Å². The highest BCUT2D eigenvalue weighted by Gasteiger charge is 2.19. The molecule has 1 radical (unpaired) electrons. The van der Waals surface area contributed by atoms with Crippen molar-refractivity contribution < 1.29 is 0 Å². The molecule has 3 heterocycles. The summed E-state index contributed by atoms with van der Waals surface area (Å²) in [6.07, 6.45) is 20.4. The van der Waals surface area contributed by atoms with Gasteiger partial charge in [0.1, 0.15) is 12.3 Å². The lowest BCUT2D eigenvalue weighted by atomic mass is 9.81. The fraction of sp³-hybridized carbons (Fsp3) is 0.102. The molecular weight excluding hydrogens is 701 g/mol. The molecule has 5 nitrogen and oxygen atoms in total. The molecule has 0 aliphatic rings. The molecule has 56 heavy (non-hydrogen) atoms. The first-order valence-electron chi connectivity index (χ1n) is 18.6. The second-order valence-corrected chi connectivity index (χ2v) is 14.0. The van der Waals surface area contributed by atoms with E-state index in [0.717, 1.165) is 76.8 Å². The summed E-state index contributed by atoms with van der Waals surface area (Å²) in [5.74, 6) is 3.98. The van der Waals surface area contributed by atoms with Crippen molar-refractivity contribution in [2.24, 2.45) is 0 Å². The van der Waals surface area contributed by atoms with Crippen LogP contribution in [0.2, 0.25) is 6.82 Å². The predicted molar refractivity (Wildman–Crippen MR) is 244 cm³/mol. The van der Waals surface area contributed by atoms with Crippen molar-refractivity contribution in [1.82, 2.24) is 24.5 Å². The molecule has 0 fully saturated rings. The quantitative estimate of drug-likeness (QED) is 0.0823. The zero-order valence-corrected chi connectivity index (χ0v) is 33.5. The Balaban J connectivity index is 1.38. The van der Waals surface area contributed by atoms with E-state index in [-0.39, 0.29) is 0 Å². The van der Waals surface area contributed by atoms with Crippen LogP contribution in [0.3, 0.4) is 0 Å². The van der Waals surface area contributed by atoms with E-state index in [1.54, 1.807) is 17.4 Å². The highest BCUT2D eigenvalue weighted by atomic mass is 32.1. The summed E-state index contributed by atoms with van der Waals surface area (Å²) < 4.78 is 3.30. The maximum absolute atomic E-state index is 5.05. The summed E-state index contributed by atoms with van der Waals surface area (Å²) in [7, 11) is 2.05. The lowest BCUT2D eigenvalue weighted by Gasteiger charge is -2.12. The van der Waals surface area contributed by atoms with Crippen molar-refractivity contribution in [2.45, 2.75) is 34.5 Å². The summed E-state index contributed by atoms with van der Waals surface area (Å²) in [4.78, 5) is 19.8. The molecule has 0 saturated carbocycles. The van der Waals surface area contributed by atoms with E-state index in [9.17, 15) is 0 Å². The molecule has 0 bridgehead atoms. The summed E-state index contributed by atoms with van der Waals surface area (Å²) in [6, 6.07) is 26.2. The normalized spacial score (nSPS) is 12.9. The molecule has 7 heteroatoms. The Morgan fingerprint density at radius 3 is 2.00 bits per heavy atom. The molecule has 0 unspecified atom stereocenters. The fourth-order valence-electron chi connectivity index (χ4n) is 6.57. The van der Waals surface area contributed by atoms with E-state index < -0.39 is 0 Å². The smallest absolute Gasteiger partial charge is 0.164 e. The third-order valence-corrected chi connectivity index (χ3v) is 10.4. The number of hydrogen-bond donors (Lipinski definition) is 0. The van der Waals surface area contributed by atoms with Crippen LogP contribution >= 0.6 is 11.3 Å². The van der Waals surface area contributed by atoms with E-state index in [4.69, 9.17) is 19.9 Å². The molecule has 6 aromatic rings. The van der Waals surface area contributed by atoms with Crippen LogP contribution in [0.15, 0.2) is 158 Å². The van der Waals surface area contributed by atoms with Gasteiger partial charge in [0, 0.05) is 44.8 Å². The summed E-state index contributed by atoms with van der Waals surface area (Å²) in [6.45, 7) is 22.7. The van der Waals surface area contributed by atoms with Gasteiger partial charge in [0.2, 0.25) is 0 Å². The van der Waals surface area contributed by atoms with Gasteiger partial charge < -0.3 is 4.57 Å². The minimum absolute atomic E-state index is 0.610. The second-order valence-electron chi connectivity index (χ2n) is 13.0. The third kappa shape index (κ3) is 8.44. The number of rotatable bonds is 14. The molecule has 0 aliphatic carbocycles. The van der Waals surface area contributed by atoms with Crippen LogP contribution in [0.1, 0.15) is 48.3 Å². The molecule has 0 spiro atoms. The molecule has 275 valence electrons. The van der Waals surface area contributed by atoms with Gasteiger partial charge in [0.15, 0.2) is 17.5 Å². The van der Waals surface area contributed by atoms with Crippen molar-refractivity contribution in [2.75, 3.05) is 0 Å². The number of fused-ring (bicyclic) bond motifs is 1. The Morgan fingerprint density at radius 1 is 0.804 bits per heavy atom. The number of aromatic nitrogens is 5. The Kier molecular flexibility index (Phi) is 12.8. The van der Waals surface area contributed by atoms with Gasteiger partial charge in [0.25, 0.3) is 0 Å². The fourth-order valence-corrected chi connectivity index (χ4v) is 7.59. The monoisotopic (exact) mass is 746 g/mol. The van der Waals surface area contributed by atoms with Crippen molar-refractivity contribution in [3.8, 4) is 34.2 Å². The van der Waals surface area contributed by atoms with Gasteiger partial charge in [-0.1, -0.05) is 130 Å². The Morgan fingerprint density at radius 2 is 1.45 bits per heavy atom. The molecule has 0 saturated heterocycles. The lowest BCUT2D eigenvalue weighted by Crippen LogP contribution is -2.01. The van der Waals surface area contributed by atoms with Crippen LogP contribution in [0.4, 0.5) is 0 Å². The SMILES string of the molecule is C=C/C=C\C(=C/[B]C)n1c(C)c(/C=C(C)/C(=C/C)/C=C(\C=C)c2nc3ccc(-c4nc(-c5ccccc5)nc(-c5ccccc5)n4)cc3s2)c(C=C)c1/C=C\C. The third-order valence-electron chi connectivity index (χ3n) is 9.31. The maximum atomic E-state index is 5.05. The molecule has 0 amide bonds. The van der Waals surface area contributed by atoms with E-state index in [1.807, 2.05) is 105 Å². The number of hydrogen-bond acceptors (Lipinski definition) is 5. The molecule has 3 aromatic heterocycles. The van der Waals surface area contributed by atoms with Crippen LogP contribution in [0.5, 0.6) is 0 Å². The van der Waals surface area contributed by atoms with Crippen molar-refractivity contribution in [3.63, 3.8) is 0 Å². The standard InChI is InChI=1S/C49H45BN5S/c1-9-14-26-40(32-50-8)55-34(7)42(41(13-5)44(55)21-10-2)29-33(6)35(11-3)30-36(12-4)49-51-43-28-27-39(31-45(43)56-49)48-53-46(37-22-17-15-18-23-37)52-47(54-48)38-24-19-16-20-25-38/h9-32H,1,4-5H2,2-3,6-8H3/b21-10-,26-14-,33-29+,35-11+,36-30+,40-32+. The Labute approximate surface area is 335 Å². The van der Waals surface area contributed by atoms with Crippen molar-refractivity contribution in [3.05, 3.63) is 186 Å². The van der Waals surface area contributed by atoms with Crippen LogP contribution < -0.4 is 0 Å². The number of thiazole rings is 1. The molecule has 0 N–H and O–H groups in total. The van der Waals surface area contributed by atoms with Crippen molar-refractivity contribution in [1.29, 1.82) is 0 Å². The molecule has 0 aliphatic heterocycles. The van der Waals surface area contributed by atoms with Gasteiger partial charge in [-0.15, -0.1) is 11.3 Å². The first kappa shape index (κ1) is 39.3. The van der Waals surface area contributed by atoms with Crippen LogP contribution in [0.25, 0.3) is 73.9 Å². The largest absolute Gasteiger partial charge is 0.314 e. The van der Waals surface area contributed by atoms with Crippen LogP contribution in [-0.2, 0) is 0 Å². The Hall–Kier alpha value is -6.44. The van der Waals surface area contributed by atoms with Gasteiger partial charge in [0.05, 0.1) is 15.9 Å². The second kappa shape index (κ2) is 18.3. The molecular formula is C49H45BN5S. The van der Waals surface area contributed by atoms with Crippen molar-refractivity contribution >= 4 is 58.3 Å². The zero-order valence-electron chi connectivity index (χ0n) is 32.7. The summed E-state index contributed by atoms with van der Waals surface area (Å²) in [5, 5.41) is 0.883. The average Bonchev–Trinajstić information content (AvgIpc) is 3.77. The van der Waals surface area contributed by atoms with E-state index in [1.165, 1.54) is 0 Å². The number of nitrogens with zero attached hydrogens (tertiary/aromatic N) is 5. The topological polar surface area (TPSA) is 56.5 Å². The maximum Gasteiger partial charge on any atom is 0.164 e. The zero-order chi connectivity index (χ0) is 39.6. The number of benzene rings is 3. The summed E-state index contributed by atoms with van der Waals surface area (Å²) in [5.41, 5.74) is 12.2. The summed E-state index contributed by atoms with van der Waals surface area (Å²) >= 11 is 1.63. The lowest BCUT2D eigenvalue weighted by molar-refractivity contribution is 1.04. The minimum Gasteiger partial charge on any atom is -0.314 e. The van der Waals surface area contributed by atoms with E-state index in [2.05, 4.69) is 101 Å². The first-order valence-corrected chi connectivity index (χ1v) is 19.4.